The quantitative estimate of drug-likeness (QED) is 0.562. The van der Waals surface area contributed by atoms with Crippen LogP contribution in [0.4, 0.5) is 24.5 Å². The molecule has 2 aromatic carbocycles. The van der Waals surface area contributed by atoms with E-state index in [2.05, 4.69) is 10.9 Å². The molecular weight excluding hydrogens is 367 g/mol. The maximum atomic E-state index is 12.7. The molecule has 0 radical (unpaired) electrons. The van der Waals surface area contributed by atoms with Crippen LogP contribution >= 0.6 is 0 Å². The van der Waals surface area contributed by atoms with Crippen molar-refractivity contribution in [1.82, 2.24) is 5.43 Å². The van der Waals surface area contributed by atoms with E-state index in [0.29, 0.717) is 17.9 Å². The van der Waals surface area contributed by atoms with Gasteiger partial charge in [0.05, 0.1) is 10.5 Å². The fourth-order valence-electron chi connectivity index (χ4n) is 2.11. The average molecular weight is 383 g/mol. The number of amides is 1. The third-order valence-electron chi connectivity index (χ3n) is 3.56. The van der Waals surface area contributed by atoms with Gasteiger partial charge in [-0.15, -0.1) is 0 Å². The van der Waals surface area contributed by atoms with Crippen molar-refractivity contribution in [3.05, 3.63) is 63.7 Å². The zero-order chi connectivity index (χ0) is 20.0. The topological polar surface area (TPSA) is 93.5 Å². The highest BCUT2D eigenvalue weighted by molar-refractivity contribution is 5.79. The Morgan fingerprint density at radius 1 is 1.19 bits per heavy atom. The number of nitrogens with one attached hydrogen (secondary N) is 2. The average Bonchev–Trinajstić information content (AvgIpc) is 2.64. The first-order valence-electron chi connectivity index (χ1n) is 7.83. The summed E-state index contributed by atoms with van der Waals surface area (Å²) < 4.78 is 43.2. The molecular formula is C17H16F3N3O4. The van der Waals surface area contributed by atoms with Gasteiger partial charge in [0, 0.05) is 6.07 Å². The zero-order valence-corrected chi connectivity index (χ0v) is 14.2. The predicted molar refractivity (Wildman–Crippen MR) is 91.2 cm³/mol. The van der Waals surface area contributed by atoms with Gasteiger partial charge in [-0.25, -0.2) is 0 Å². The van der Waals surface area contributed by atoms with Gasteiger partial charge in [0.1, 0.15) is 11.4 Å². The van der Waals surface area contributed by atoms with Gasteiger partial charge in [-0.3, -0.25) is 25.8 Å². The second-order valence-electron chi connectivity index (χ2n) is 5.45. The molecule has 0 aliphatic rings. The molecule has 0 heterocycles. The number of hydrogen-bond acceptors (Lipinski definition) is 5. The maximum Gasteiger partial charge on any atom is 0.416 e. The summed E-state index contributed by atoms with van der Waals surface area (Å²) in [5.41, 5.74) is 3.22. The normalized spacial score (nSPS) is 11.0. The molecule has 0 bridgehead atoms. The number of hydrazine groups is 1. The Bertz CT molecular complexity index is 823. The van der Waals surface area contributed by atoms with E-state index in [9.17, 15) is 28.1 Å². The third-order valence-corrected chi connectivity index (χ3v) is 3.56. The number of hydrogen-bond donors (Lipinski definition) is 2. The van der Waals surface area contributed by atoms with Crippen LogP contribution in [0.3, 0.4) is 0 Å². The van der Waals surface area contributed by atoms with Gasteiger partial charge in [0.25, 0.3) is 11.6 Å². The first-order valence-corrected chi connectivity index (χ1v) is 7.83. The van der Waals surface area contributed by atoms with Crippen molar-refractivity contribution < 1.29 is 27.6 Å². The number of carbonyl (C=O) groups excluding carboxylic acids is 1. The van der Waals surface area contributed by atoms with Crippen molar-refractivity contribution in [3.63, 3.8) is 0 Å². The lowest BCUT2D eigenvalue weighted by Gasteiger charge is -2.12. The largest absolute Gasteiger partial charge is 0.484 e. The monoisotopic (exact) mass is 383 g/mol. The second-order valence-corrected chi connectivity index (χ2v) is 5.45. The highest BCUT2D eigenvalue weighted by Crippen LogP contribution is 2.34. The van der Waals surface area contributed by atoms with Gasteiger partial charge in [0.2, 0.25) is 0 Å². The molecule has 2 aromatic rings. The number of rotatable bonds is 7. The van der Waals surface area contributed by atoms with E-state index in [1.54, 1.807) is 12.1 Å². The number of nitrogens with zero attached hydrogens (tertiary/aromatic N) is 1. The number of ether oxygens (including phenoxy) is 1. The lowest BCUT2D eigenvalue weighted by molar-refractivity contribution is -0.384. The van der Waals surface area contributed by atoms with E-state index in [1.807, 2.05) is 19.1 Å². The van der Waals surface area contributed by atoms with Crippen molar-refractivity contribution in [1.29, 1.82) is 0 Å². The molecule has 7 nitrogen and oxygen atoms in total. The van der Waals surface area contributed by atoms with E-state index in [1.165, 1.54) is 0 Å². The number of anilines is 1. The number of nitro groups is 1. The molecule has 2 N–H and O–H groups in total. The summed E-state index contributed by atoms with van der Waals surface area (Å²) in [6.45, 7) is 1.61. The Labute approximate surface area is 152 Å². The van der Waals surface area contributed by atoms with Gasteiger partial charge in [-0.1, -0.05) is 19.1 Å². The van der Waals surface area contributed by atoms with Crippen molar-refractivity contribution in [3.8, 4) is 5.75 Å². The third kappa shape index (κ3) is 5.59. The standard InChI is InChI=1S/C17H16F3N3O4/c1-2-11-3-6-13(7-4-11)27-10-16(24)22-21-14-8-5-12(17(18,19)20)9-15(14)23(25)26/h3-9,21H,2,10H2,1H3,(H,22,24). The van der Waals surface area contributed by atoms with Crippen LogP contribution in [0.25, 0.3) is 0 Å². The Kier molecular flexibility index (Phi) is 6.22. The lowest BCUT2D eigenvalue weighted by atomic mass is 10.1. The first-order chi connectivity index (χ1) is 12.7. The number of benzene rings is 2. The van der Waals surface area contributed by atoms with Gasteiger partial charge < -0.3 is 4.74 Å². The molecule has 27 heavy (non-hydrogen) atoms. The summed E-state index contributed by atoms with van der Waals surface area (Å²) in [6, 6.07) is 9.01. The van der Waals surface area contributed by atoms with E-state index < -0.39 is 28.3 Å². The number of alkyl halides is 3. The Morgan fingerprint density at radius 3 is 2.41 bits per heavy atom. The van der Waals surface area contributed by atoms with E-state index in [0.717, 1.165) is 18.1 Å². The van der Waals surface area contributed by atoms with Crippen LogP contribution in [0.5, 0.6) is 5.75 Å². The molecule has 2 rings (SSSR count). The van der Waals surface area contributed by atoms with Gasteiger partial charge in [-0.2, -0.15) is 13.2 Å². The fourth-order valence-corrected chi connectivity index (χ4v) is 2.11. The van der Waals surface area contributed by atoms with Crippen LogP contribution in [-0.4, -0.2) is 17.4 Å². The molecule has 0 aromatic heterocycles. The van der Waals surface area contributed by atoms with Gasteiger partial charge in [0.15, 0.2) is 6.61 Å². The molecule has 0 spiro atoms. The minimum Gasteiger partial charge on any atom is -0.484 e. The van der Waals surface area contributed by atoms with Gasteiger partial charge >= 0.3 is 6.18 Å². The Hall–Kier alpha value is -3.30. The van der Waals surface area contributed by atoms with Crippen LogP contribution in [0, 0.1) is 10.1 Å². The molecule has 144 valence electrons. The minimum absolute atomic E-state index is 0.284. The molecule has 0 unspecified atom stereocenters. The SMILES string of the molecule is CCc1ccc(OCC(=O)NNc2ccc(C(F)(F)F)cc2[N+](=O)[O-])cc1. The highest BCUT2D eigenvalue weighted by Gasteiger charge is 2.33. The van der Waals surface area contributed by atoms with E-state index >= 15 is 0 Å². The molecule has 0 aliphatic carbocycles. The molecule has 10 heteroatoms. The summed E-state index contributed by atoms with van der Waals surface area (Å²) in [6.07, 6.45) is -3.86. The second kappa shape index (κ2) is 8.39. The molecule has 0 fully saturated rings. The van der Waals surface area contributed by atoms with Crippen molar-refractivity contribution in [2.45, 2.75) is 19.5 Å². The zero-order valence-electron chi connectivity index (χ0n) is 14.2. The number of aryl methyl sites for hydroxylation is 1. The maximum absolute atomic E-state index is 12.7. The van der Waals surface area contributed by atoms with E-state index in [-0.39, 0.29) is 12.3 Å². The number of halogens is 3. The highest BCUT2D eigenvalue weighted by atomic mass is 19.4. The summed E-state index contributed by atoms with van der Waals surface area (Å²) in [5, 5.41) is 11.0. The fraction of sp³-hybridized carbons (Fsp3) is 0.235. The van der Waals surface area contributed by atoms with Crippen molar-refractivity contribution in [2.75, 3.05) is 12.0 Å². The summed E-state index contributed by atoms with van der Waals surface area (Å²) in [4.78, 5) is 21.8. The summed E-state index contributed by atoms with van der Waals surface area (Å²) in [5.74, 6) is -0.202. The lowest BCUT2D eigenvalue weighted by Crippen LogP contribution is -2.33. The summed E-state index contributed by atoms with van der Waals surface area (Å²) in [7, 11) is 0. The van der Waals surface area contributed by atoms with Crippen molar-refractivity contribution in [2.24, 2.45) is 0 Å². The van der Waals surface area contributed by atoms with Crippen LogP contribution in [0.1, 0.15) is 18.1 Å². The van der Waals surface area contributed by atoms with E-state index in [4.69, 9.17) is 4.74 Å². The van der Waals surface area contributed by atoms with Gasteiger partial charge in [-0.05, 0) is 36.2 Å². The number of carbonyl (C=O) groups is 1. The van der Waals surface area contributed by atoms with Crippen LogP contribution in [0.15, 0.2) is 42.5 Å². The molecule has 0 atom stereocenters. The molecule has 0 saturated heterocycles. The number of nitro benzene ring substituents is 1. The Balaban J connectivity index is 1.96. The molecule has 0 saturated carbocycles. The predicted octanol–water partition coefficient (Wildman–Crippen LogP) is 3.70. The van der Waals surface area contributed by atoms with Crippen LogP contribution in [-0.2, 0) is 17.4 Å². The van der Waals surface area contributed by atoms with Crippen molar-refractivity contribution >= 4 is 17.3 Å². The Morgan fingerprint density at radius 2 is 1.85 bits per heavy atom. The molecule has 1 amide bonds. The smallest absolute Gasteiger partial charge is 0.416 e. The summed E-state index contributed by atoms with van der Waals surface area (Å²) >= 11 is 0. The first kappa shape index (κ1) is 20.0. The van der Waals surface area contributed by atoms with Crippen LogP contribution < -0.4 is 15.6 Å². The molecule has 0 aliphatic heterocycles. The van der Waals surface area contributed by atoms with Crippen LogP contribution in [0.2, 0.25) is 0 Å². The minimum atomic E-state index is -4.71.